The topological polar surface area (TPSA) is 102 Å². The van der Waals surface area contributed by atoms with Crippen molar-refractivity contribution in [2.24, 2.45) is 11.8 Å². The number of carbonyl (C=O) groups excluding carboxylic acids is 4. The van der Waals surface area contributed by atoms with Crippen molar-refractivity contribution in [3.8, 4) is 0 Å². The molecule has 0 bridgehead atoms. The van der Waals surface area contributed by atoms with Crippen molar-refractivity contribution in [3.05, 3.63) is 35.9 Å². The van der Waals surface area contributed by atoms with Crippen molar-refractivity contribution in [2.75, 3.05) is 26.3 Å². The molecule has 3 amide bonds. The van der Waals surface area contributed by atoms with Crippen LogP contribution in [0.4, 0.5) is 9.59 Å². The van der Waals surface area contributed by atoms with Gasteiger partial charge in [0.1, 0.15) is 12.2 Å². The molecule has 2 saturated heterocycles. The van der Waals surface area contributed by atoms with Crippen LogP contribution in [0.1, 0.15) is 33.3 Å². The third-order valence-electron chi connectivity index (χ3n) is 5.39. The minimum atomic E-state index is -0.925. The van der Waals surface area contributed by atoms with Gasteiger partial charge in [0, 0.05) is 13.1 Å². The normalized spacial score (nSPS) is 23.1. The third kappa shape index (κ3) is 5.38. The van der Waals surface area contributed by atoms with Crippen LogP contribution in [-0.4, -0.2) is 71.8 Å². The van der Waals surface area contributed by atoms with Gasteiger partial charge in [-0.15, -0.1) is 0 Å². The Morgan fingerprint density at radius 1 is 1.09 bits per heavy atom. The van der Waals surface area contributed by atoms with E-state index in [0.717, 1.165) is 10.5 Å². The van der Waals surface area contributed by atoms with Crippen LogP contribution in [-0.2, 0) is 30.2 Å². The van der Waals surface area contributed by atoms with E-state index < -0.39 is 47.5 Å². The third-order valence-corrected chi connectivity index (χ3v) is 5.39. The van der Waals surface area contributed by atoms with Crippen molar-refractivity contribution in [2.45, 2.75) is 45.8 Å². The first-order valence-electron chi connectivity index (χ1n) is 10.8. The molecule has 0 unspecified atom stereocenters. The first kappa shape index (κ1) is 23.6. The highest BCUT2D eigenvalue weighted by atomic mass is 16.6. The van der Waals surface area contributed by atoms with Gasteiger partial charge in [0.2, 0.25) is 5.91 Å². The molecule has 9 heteroatoms. The van der Waals surface area contributed by atoms with Gasteiger partial charge in [0.05, 0.1) is 24.5 Å². The van der Waals surface area contributed by atoms with Crippen LogP contribution in [0.3, 0.4) is 0 Å². The van der Waals surface area contributed by atoms with E-state index in [1.165, 1.54) is 4.90 Å². The zero-order chi connectivity index (χ0) is 23.5. The van der Waals surface area contributed by atoms with Gasteiger partial charge < -0.3 is 19.1 Å². The molecular weight excluding hydrogens is 416 g/mol. The van der Waals surface area contributed by atoms with Gasteiger partial charge in [0.25, 0.3) is 0 Å². The second-order valence-electron chi connectivity index (χ2n) is 8.98. The van der Waals surface area contributed by atoms with Gasteiger partial charge in [-0.05, 0) is 39.7 Å². The lowest BCUT2D eigenvalue weighted by Crippen LogP contribution is -2.46. The van der Waals surface area contributed by atoms with Crippen molar-refractivity contribution < 1.29 is 33.4 Å². The Morgan fingerprint density at radius 3 is 2.38 bits per heavy atom. The van der Waals surface area contributed by atoms with Gasteiger partial charge >= 0.3 is 18.2 Å². The van der Waals surface area contributed by atoms with Crippen molar-refractivity contribution in [1.29, 1.82) is 0 Å². The number of benzene rings is 1. The highest BCUT2D eigenvalue weighted by Gasteiger charge is 2.50. The predicted octanol–water partition coefficient (Wildman–Crippen LogP) is 2.62. The molecule has 2 heterocycles. The molecule has 1 aromatic rings. The summed E-state index contributed by atoms with van der Waals surface area (Å²) < 4.78 is 15.7. The van der Waals surface area contributed by atoms with E-state index in [4.69, 9.17) is 14.2 Å². The lowest BCUT2D eigenvalue weighted by atomic mass is 9.93. The number of nitrogens with zero attached hydrogens (tertiary/aromatic N) is 2. The number of cyclic esters (lactones) is 1. The molecule has 3 rings (SSSR count). The van der Waals surface area contributed by atoms with Crippen molar-refractivity contribution in [3.63, 3.8) is 0 Å². The lowest BCUT2D eigenvalue weighted by Gasteiger charge is -2.25. The zero-order valence-corrected chi connectivity index (χ0v) is 18.9. The summed E-state index contributed by atoms with van der Waals surface area (Å²) in [4.78, 5) is 53.5. The summed E-state index contributed by atoms with van der Waals surface area (Å²) in [5.41, 5.74) is 0.232. The quantitative estimate of drug-likeness (QED) is 0.506. The van der Waals surface area contributed by atoms with Gasteiger partial charge in [0.15, 0.2) is 0 Å². The van der Waals surface area contributed by atoms with E-state index in [9.17, 15) is 19.2 Å². The average molecular weight is 447 g/mol. The Hall–Kier alpha value is -3.10. The molecule has 0 radical (unpaired) electrons. The number of hydrogen-bond acceptors (Lipinski definition) is 7. The molecule has 1 aromatic carbocycles. The summed E-state index contributed by atoms with van der Waals surface area (Å²) in [7, 11) is 0. The molecule has 0 aliphatic carbocycles. The molecule has 2 fully saturated rings. The van der Waals surface area contributed by atoms with Crippen LogP contribution >= 0.6 is 0 Å². The summed E-state index contributed by atoms with van der Waals surface area (Å²) in [5.74, 6) is -2.94. The second-order valence-corrected chi connectivity index (χ2v) is 8.98. The molecule has 0 aromatic heterocycles. The number of likely N-dealkylation sites (tertiary alicyclic amines) is 1. The van der Waals surface area contributed by atoms with E-state index in [1.807, 2.05) is 30.3 Å². The van der Waals surface area contributed by atoms with Crippen LogP contribution in [0, 0.1) is 11.8 Å². The summed E-state index contributed by atoms with van der Waals surface area (Å²) in [6.45, 7) is 7.04. The van der Waals surface area contributed by atoms with E-state index in [1.54, 1.807) is 27.7 Å². The van der Waals surface area contributed by atoms with E-state index >= 15 is 0 Å². The van der Waals surface area contributed by atoms with E-state index in [2.05, 4.69) is 0 Å². The van der Waals surface area contributed by atoms with Crippen molar-refractivity contribution in [1.82, 2.24) is 9.80 Å². The highest BCUT2D eigenvalue weighted by Crippen LogP contribution is 2.31. The largest absolute Gasteiger partial charge is 0.466 e. The van der Waals surface area contributed by atoms with Crippen LogP contribution < -0.4 is 0 Å². The fraction of sp³-hybridized carbons (Fsp3) is 0.565. The first-order valence-corrected chi connectivity index (χ1v) is 10.8. The molecule has 0 N–H and O–H groups in total. The first-order chi connectivity index (χ1) is 15.1. The zero-order valence-electron chi connectivity index (χ0n) is 18.9. The summed E-state index contributed by atoms with van der Waals surface area (Å²) in [6.07, 6.45) is -0.925. The number of rotatable bonds is 5. The van der Waals surface area contributed by atoms with Gasteiger partial charge in [-0.25, -0.2) is 14.5 Å². The minimum Gasteiger partial charge on any atom is -0.466 e. The highest BCUT2D eigenvalue weighted by molar-refractivity contribution is 5.97. The van der Waals surface area contributed by atoms with E-state index in [-0.39, 0.29) is 26.3 Å². The fourth-order valence-electron chi connectivity index (χ4n) is 3.96. The van der Waals surface area contributed by atoms with Crippen LogP contribution in [0.2, 0.25) is 0 Å². The Morgan fingerprint density at radius 2 is 1.75 bits per heavy atom. The molecule has 2 aliphatic heterocycles. The fourth-order valence-corrected chi connectivity index (χ4v) is 3.96. The average Bonchev–Trinajstić information content (AvgIpc) is 3.32. The summed E-state index contributed by atoms with van der Waals surface area (Å²) in [6, 6.07) is 8.98. The monoisotopic (exact) mass is 446 g/mol. The Labute approximate surface area is 187 Å². The number of hydrogen-bond donors (Lipinski definition) is 0. The Kier molecular flexibility index (Phi) is 7.06. The molecular formula is C23H30N2O7. The number of amides is 3. The van der Waals surface area contributed by atoms with Crippen LogP contribution in [0.25, 0.3) is 0 Å². The summed E-state index contributed by atoms with van der Waals surface area (Å²) in [5, 5.41) is 0. The van der Waals surface area contributed by atoms with E-state index in [0.29, 0.717) is 6.42 Å². The smallest absolute Gasteiger partial charge is 0.416 e. The maximum Gasteiger partial charge on any atom is 0.416 e. The van der Waals surface area contributed by atoms with Gasteiger partial charge in [-0.1, -0.05) is 30.3 Å². The molecule has 32 heavy (non-hydrogen) atoms. The minimum absolute atomic E-state index is 0.0175. The number of ether oxygens (including phenoxy) is 3. The SMILES string of the molecule is CCOC(=O)[C@H]1CN(C(=O)OC(C)(C)C)C[C@@H]1C(=O)N1C(=O)OC[C@H]1Cc1ccccc1. The van der Waals surface area contributed by atoms with Gasteiger partial charge in [-0.2, -0.15) is 0 Å². The van der Waals surface area contributed by atoms with Crippen molar-refractivity contribution >= 4 is 24.1 Å². The number of imide groups is 1. The van der Waals surface area contributed by atoms with Crippen LogP contribution in [0.5, 0.6) is 0 Å². The molecule has 9 nitrogen and oxygen atoms in total. The second kappa shape index (κ2) is 9.58. The standard InChI is InChI=1S/C23H30N2O7/c1-5-30-20(27)18-13-24(21(28)32-23(2,3)4)12-17(18)19(26)25-16(14-31-22(25)29)11-15-9-7-6-8-10-15/h6-10,16-18H,5,11-14H2,1-4H3/t16-,17+,18+/m1/s1. The predicted molar refractivity (Wildman–Crippen MR) is 114 cm³/mol. The molecule has 0 saturated carbocycles. The Balaban J connectivity index is 1.81. The number of esters is 1. The maximum atomic E-state index is 13.5. The molecule has 2 aliphatic rings. The summed E-state index contributed by atoms with van der Waals surface area (Å²) >= 11 is 0. The molecule has 0 spiro atoms. The lowest BCUT2D eigenvalue weighted by molar-refractivity contribution is -0.152. The number of carbonyl (C=O) groups is 4. The Bertz CT molecular complexity index is 865. The molecule has 174 valence electrons. The molecule has 3 atom stereocenters. The van der Waals surface area contributed by atoms with Gasteiger partial charge in [-0.3, -0.25) is 9.59 Å². The maximum absolute atomic E-state index is 13.5. The van der Waals surface area contributed by atoms with Crippen LogP contribution in [0.15, 0.2) is 30.3 Å².